The highest BCUT2D eigenvalue weighted by atomic mass is 16.2. The van der Waals surface area contributed by atoms with Gasteiger partial charge in [-0.15, -0.1) is 0 Å². The minimum absolute atomic E-state index is 0.0350. The number of carbonyl (C=O) groups is 2. The Morgan fingerprint density at radius 2 is 1.86 bits per heavy atom. The molecular formula is C9H19N3O2. The molecule has 0 saturated heterocycles. The van der Waals surface area contributed by atoms with E-state index < -0.39 is 0 Å². The molecule has 5 heteroatoms. The van der Waals surface area contributed by atoms with Gasteiger partial charge in [0.05, 0.1) is 6.04 Å². The normalized spacial score (nSPS) is 12.0. The van der Waals surface area contributed by atoms with Crippen molar-refractivity contribution in [1.29, 1.82) is 0 Å². The minimum Gasteiger partial charge on any atom is -0.355 e. The van der Waals surface area contributed by atoms with Crippen molar-refractivity contribution < 1.29 is 9.59 Å². The van der Waals surface area contributed by atoms with E-state index in [1.807, 2.05) is 0 Å². The first-order chi connectivity index (χ1) is 6.45. The SMILES string of the molecule is CC(=O)NCCNC(C)C(=O)N(C)C. The van der Waals surface area contributed by atoms with Gasteiger partial charge >= 0.3 is 0 Å². The molecule has 0 aliphatic heterocycles. The molecule has 0 saturated carbocycles. The largest absolute Gasteiger partial charge is 0.355 e. The molecule has 0 heterocycles. The third-order valence-electron chi connectivity index (χ3n) is 1.76. The molecule has 1 atom stereocenters. The second kappa shape index (κ2) is 6.37. The Morgan fingerprint density at radius 3 is 2.29 bits per heavy atom. The van der Waals surface area contributed by atoms with Crippen molar-refractivity contribution in [3.05, 3.63) is 0 Å². The summed E-state index contributed by atoms with van der Waals surface area (Å²) in [6, 6.07) is -0.209. The Labute approximate surface area is 84.8 Å². The van der Waals surface area contributed by atoms with Gasteiger partial charge in [-0.3, -0.25) is 9.59 Å². The number of nitrogens with one attached hydrogen (secondary N) is 2. The summed E-state index contributed by atoms with van der Waals surface area (Å²) in [5.41, 5.74) is 0. The van der Waals surface area contributed by atoms with Gasteiger partial charge in [-0.25, -0.2) is 0 Å². The van der Waals surface area contributed by atoms with Crippen LogP contribution in [-0.4, -0.2) is 49.9 Å². The zero-order valence-electron chi connectivity index (χ0n) is 9.26. The first-order valence-corrected chi connectivity index (χ1v) is 4.64. The lowest BCUT2D eigenvalue weighted by Crippen LogP contribution is -2.44. The predicted octanol–water partition coefficient (Wildman–Crippen LogP) is -0.811. The van der Waals surface area contributed by atoms with Crippen molar-refractivity contribution in [3.63, 3.8) is 0 Å². The van der Waals surface area contributed by atoms with Crippen molar-refractivity contribution in [2.75, 3.05) is 27.2 Å². The van der Waals surface area contributed by atoms with E-state index in [2.05, 4.69) is 10.6 Å². The molecule has 0 bridgehead atoms. The van der Waals surface area contributed by atoms with E-state index in [9.17, 15) is 9.59 Å². The van der Waals surface area contributed by atoms with E-state index in [-0.39, 0.29) is 17.9 Å². The first kappa shape index (κ1) is 12.9. The fourth-order valence-corrected chi connectivity index (χ4v) is 1.00. The standard InChI is InChI=1S/C9H19N3O2/c1-7(9(14)12(3)4)10-5-6-11-8(2)13/h7,10H,5-6H2,1-4H3,(H,11,13). The lowest BCUT2D eigenvalue weighted by atomic mass is 10.3. The summed E-state index contributed by atoms with van der Waals surface area (Å²) < 4.78 is 0. The highest BCUT2D eigenvalue weighted by molar-refractivity contribution is 5.80. The molecule has 1 unspecified atom stereocenters. The molecule has 0 spiro atoms. The van der Waals surface area contributed by atoms with E-state index >= 15 is 0 Å². The molecule has 0 aromatic carbocycles. The summed E-state index contributed by atoms with van der Waals surface area (Å²) in [5.74, 6) is -0.0220. The molecule has 2 N–H and O–H groups in total. The number of nitrogens with zero attached hydrogens (tertiary/aromatic N) is 1. The molecule has 2 amide bonds. The number of hydrogen-bond acceptors (Lipinski definition) is 3. The van der Waals surface area contributed by atoms with E-state index in [4.69, 9.17) is 0 Å². The lowest BCUT2D eigenvalue weighted by molar-refractivity contribution is -0.130. The summed E-state index contributed by atoms with van der Waals surface area (Å²) in [6.45, 7) is 4.41. The highest BCUT2D eigenvalue weighted by Gasteiger charge is 2.12. The van der Waals surface area contributed by atoms with Gasteiger partial charge in [0.15, 0.2) is 0 Å². The van der Waals surface area contributed by atoms with Crippen molar-refractivity contribution in [3.8, 4) is 0 Å². The number of amides is 2. The van der Waals surface area contributed by atoms with Crippen LogP contribution in [0.2, 0.25) is 0 Å². The van der Waals surface area contributed by atoms with Gasteiger partial charge in [0.1, 0.15) is 0 Å². The summed E-state index contributed by atoms with van der Waals surface area (Å²) in [7, 11) is 3.43. The Hall–Kier alpha value is -1.10. The zero-order chi connectivity index (χ0) is 11.1. The molecule has 0 rings (SSSR count). The molecule has 82 valence electrons. The second-order valence-electron chi connectivity index (χ2n) is 3.39. The Balaban J connectivity index is 3.59. The number of likely N-dealkylation sites (N-methyl/N-ethyl adjacent to an activating group) is 1. The average Bonchev–Trinajstić information content (AvgIpc) is 2.10. The maximum atomic E-state index is 11.3. The lowest BCUT2D eigenvalue weighted by Gasteiger charge is -2.17. The van der Waals surface area contributed by atoms with Crippen LogP contribution in [0, 0.1) is 0 Å². The molecule has 14 heavy (non-hydrogen) atoms. The van der Waals surface area contributed by atoms with Crippen LogP contribution < -0.4 is 10.6 Å². The van der Waals surface area contributed by atoms with Crippen molar-refractivity contribution >= 4 is 11.8 Å². The Bertz CT molecular complexity index is 204. The number of rotatable bonds is 5. The maximum Gasteiger partial charge on any atom is 0.238 e. The topological polar surface area (TPSA) is 61.4 Å². The Kier molecular flexibility index (Phi) is 5.87. The first-order valence-electron chi connectivity index (χ1n) is 4.64. The smallest absolute Gasteiger partial charge is 0.238 e. The highest BCUT2D eigenvalue weighted by Crippen LogP contribution is 1.87. The van der Waals surface area contributed by atoms with Gasteiger partial charge < -0.3 is 15.5 Å². The fraction of sp³-hybridized carbons (Fsp3) is 0.778. The van der Waals surface area contributed by atoms with Crippen LogP contribution in [0.25, 0.3) is 0 Å². The summed E-state index contributed by atoms with van der Waals surface area (Å²) in [5, 5.41) is 5.66. The molecule has 0 aliphatic rings. The van der Waals surface area contributed by atoms with Gasteiger partial charge in [0.25, 0.3) is 0 Å². The predicted molar refractivity (Wildman–Crippen MR) is 54.8 cm³/mol. The van der Waals surface area contributed by atoms with Gasteiger partial charge in [0, 0.05) is 34.1 Å². The number of hydrogen-bond donors (Lipinski definition) is 2. The quantitative estimate of drug-likeness (QED) is 0.572. The molecule has 0 aromatic rings. The molecule has 5 nitrogen and oxygen atoms in total. The Morgan fingerprint density at radius 1 is 1.29 bits per heavy atom. The summed E-state index contributed by atoms with van der Waals surface area (Å²) in [4.78, 5) is 23.4. The van der Waals surface area contributed by atoms with E-state index in [0.717, 1.165) is 0 Å². The number of carbonyl (C=O) groups excluding carboxylic acids is 2. The van der Waals surface area contributed by atoms with Gasteiger partial charge in [-0.05, 0) is 6.92 Å². The molecule has 0 fully saturated rings. The van der Waals surface area contributed by atoms with Crippen LogP contribution in [-0.2, 0) is 9.59 Å². The van der Waals surface area contributed by atoms with E-state index in [1.165, 1.54) is 11.8 Å². The minimum atomic E-state index is -0.209. The van der Waals surface area contributed by atoms with Crippen molar-refractivity contribution in [2.24, 2.45) is 0 Å². The van der Waals surface area contributed by atoms with Crippen LogP contribution in [0.1, 0.15) is 13.8 Å². The molecule has 0 aromatic heterocycles. The molecule has 0 radical (unpaired) electrons. The van der Waals surface area contributed by atoms with Gasteiger partial charge in [-0.1, -0.05) is 0 Å². The molecular weight excluding hydrogens is 182 g/mol. The third-order valence-corrected chi connectivity index (χ3v) is 1.76. The third kappa shape index (κ3) is 5.53. The fourth-order valence-electron chi connectivity index (χ4n) is 1.00. The van der Waals surface area contributed by atoms with Crippen LogP contribution in [0.15, 0.2) is 0 Å². The van der Waals surface area contributed by atoms with Crippen LogP contribution >= 0.6 is 0 Å². The molecule has 0 aliphatic carbocycles. The van der Waals surface area contributed by atoms with Crippen LogP contribution in [0.4, 0.5) is 0 Å². The zero-order valence-corrected chi connectivity index (χ0v) is 9.26. The second-order valence-corrected chi connectivity index (χ2v) is 3.39. The van der Waals surface area contributed by atoms with Crippen LogP contribution in [0.3, 0.4) is 0 Å². The summed E-state index contributed by atoms with van der Waals surface area (Å²) in [6.07, 6.45) is 0. The van der Waals surface area contributed by atoms with Crippen LogP contribution in [0.5, 0.6) is 0 Å². The average molecular weight is 201 g/mol. The van der Waals surface area contributed by atoms with E-state index in [0.29, 0.717) is 13.1 Å². The summed E-state index contributed by atoms with van der Waals surface area (Å²) >= 11 is 0. The monoisotopic (exact) mass is 201 g/mol. The van der Waals surface area contributed by atoms with E-state index in [1.54, 1.807) is 21.0 Å². The van der Waals surface area contributed by atoms with Crippen molar-refractivity contribution in [1.82, 2.24) is 15.5 Å². The maximum absolute atomic E-state index is 11.3. The van der Waals surface area contributed by atoms with Crippen molar-refractivity contribution in [2.45, 2.75) is 19.9 Å². The van der Waals surface area contributed by atoms with Gasteiger partial charge in [-0.2, -0.15) is 0 Å². The van der Waals surface area contributed by atoms with Gasteiger partial charge in [0.2, 0.25) is 11.8 Å².